The van der Waals surface area contributed by atoms with E-state index in [1.54, 1.807) is 6.26 Å². The van der Waals surface area contributed by atoms with Crippen molar-refractivity contribution >= 4 is 15.6 Å². The predicted octanol–water partition coefficient (Wildman–Crippen LogP) is 1.53. The van der Waals surface area contributed by atoms with Gasteiger partial charge in [0.05, 0.1) is 32.8 Å². The average molecular weight is 415 g/mol. The van der Waals surface area contributed by atoms with Gasteiger partial charge in [-0.1, -0.05) is 0 Å². The number of likely N-dealkylation sites (tertiary alicyclic amines) is 1. The molecule has 0 amide bonds. The molecule has 156 valence electrons. The molecule has 2 N–H and O–H groups in total. The van der Waals surface area contributed by atoms with Crippen LogP contribution in [0.5, 0.6) is 0 Å². The van der Waals surface area contributed by atoms with Crippen LogP contribution in [-0.2, 0) is 14.4 Å². The molecule has 3 saturated heterocycles. The molecule has 0 radical (unpaired) electrons. The maximum absolute atomic E-state index is 14.2. The van der Waals surface area contributed by atoms with Crippen molar-refractivity contribution < 1.29 is 22.2 Å². The maximum atomic E-state index is 14.2. The Labute approximate surface area is 166 Å². The standard InChI is InChI=1S/C20H30F2N3O2S/c1-25(10-13-6-7-24(19(13)11-25)28(2,3)26)15-9-18(23)20(27-12-15)16-8-14(21)4-5-17(16)22/h4-5,8,13,15,18-20H,2,6-7,9-12,23H2,1,3H3/q+1. The zero-order valence-electron chi connectivity index (χ0n) is 16.5. The van der Waals surface area contributed by atoms with E-state index >= 15 is 0 Å². The Morgan fingerprint density at radius 2 is 2.11 bits per heavy atom. The lowest BCUT2D eigenvalue weighted by molar-refractivity contribution is -0.926. The number of likely N-dealkylation sites (N-methyl/N-ethyl adjacent to an activating group) is 1. The number of nitrogens with zero attached hydrogens (tertiary/aromatic N) is 2. The smallest absolute Gasteiger partial charge is 0.129 e. The Bertz CT molecular complexity index is 865. The molecular weight excluding hydrogens is 384 g/mol. The van der Waals surface area contributed by atoms with Gasteiger partial charge in [0.25, 0.3) is 0 Å². The molecule has 3 aliphatic rings. The summed E-state index contributed by atoms with van der Waals surface area (Å²) in [4.78, 5) is 0. The second kappa shape index (κ2) is 7.02. The van der Waals surface area contributed by atoms with Gasteiger partial charge >= 0.3 is 0 Å². The van der Waals surface area contributed by atoms with Gasteiger partial charge in [-0.15, -0.1) is 0 Å². The Balaban J connectivity index is 1.48. The quantitative estimate of drug-likeness (QED) is 0.603. The summed E-state index contributed by atoms with van der Waals surface area (Å²) in [5.41, 5.74) is 6.56. The largest absolute Gasteiger partial charge is 0.366 e. The second-order valence-corrected chi connectivity index (χ2v) is 11.4. The highest BCUT2D eigenvalue weighted by molar-refractivity contribution is 7.97. The van der Waals surface area contributed by atoms with Gasteiger partial charge in [0.15, 0.2) is 0 Å². The molecule has 1 aromatic carbocycles. The Morgan fingerprint density at radius 1 is 1.36 bits per heavy atom. The van der Waals surface area contributed by atoms with Crippen LogP contribution in [0.4, 0.5) is 8.78 Å². The average Bonchev–Trinajstić information content (AvgIpc) is 3.13. The summed E-state index contributed by atoms with van der Waals surface area (Å²) in [6.45, 7) is 3.19. The summed E-state index contributed by atoms with van der Waals surface area (Å²) in [6.07, 6.45) is 2.81. The molecule has 0 bridgehead atoms. The summed E-state index contributed by atoms with van der Waals surface area (Å²) in [5.74, 6) is 3.41. The van der Waals surface area contributed by atoms with Crippen LogP contribution < -0.4 is 5.73 Å². The first-order valence-corrected chi connectivity index (χ1v) is 11.9. The molecule has 5 nitrogen and oxygen atoms in total. The molecule has 7 atom stereocenters. The van der Waals surface area contributed by atoms with E-state index in [-0.39, 0.29) is 17.6 Å². The van der Waals surface area contributed by atoms with E-state index in [2.05, 4.69) is 17.2 Å². The number of ether oxygens (including phenoxy) is 1. The van der Waals surface area contributed by atoms with E-state index in [0.717, 1.165) is 42.7 Å². The number of rotatable bonds is 3. The molecule has 0 saturated carbocycles. The third-order valence-corrected chi connectivity index (χ3v) is 8.38. The third kappa shape index (κ3) is 3.50. The van der Waals surface area contributed by atoms with E-state index in [1.807, 2.05) is 0 Å². The highest BCUT2D eigenvalue weighted by atomic mass is 32.2. The first-order valence-electron chi connectivity index (χ1n) is 9.84. The number of quaternary nitrogens is 1. The van der Waals surface area contributed by atoms with E-state index in [9.17, 15) is 13.0 Å². The lowest BCUT2D eigenvalue weighted by Crippen LogP contribution is -2.59. The SMILES string of the molecule is C=S(C)(=O)N1CCC2C[N+](C)(C3COC(c4cc(F)ccc4F)C(N)C3)CC21. The molecule has 3 fully saturated rings. The summed E-state index contributed by atoms with van der Waals surface area (Å²) >= 11 is 0. The number of halogens is 2. The number of nitrogens with two attached hydrogens (primary N) is 1. The molecule has 0 aliphatic carbocycles. The fraction of sp³-hybridized carbons (Fsp3) is 0.650. The minimum absolute atomic E-state index is 0.188. The zero-order valence-corrected chi connectivity index (χ0v) is 17.3. The van der Waals surface area contributed by atoms with E-state index in [0.29, 0.717) is 18.9 Å². The van der Waals surface area contributed by atoms with Crippen LogP contribution in [0, 0.1) is 17.6 Å². The van der Waals surface area contributed by atoms with Crippen LogP contribution in [0.15, 0.2) is 18.2 Å². The molecule has 28 heavy (non-hydrogen) atoms. The van der Waals surface area contributed by atoms with Gasteiger partial charge in [-0.2, -0.15) is 0 Å². The summed E-state index contributed by atoms with van der Waals surface area (Å²) in [5, 5.41) is 0. The molecule has 0 spiro atoms. The van der Waals surface area contributed by atoms with Gasteiger partial charge in [-0.05, 0) is 30.5 Å². The zero-order chi connectivity index (χ0) is 20.3. The molecule has 0 aromatic heterocycles. The Kier molecular flexibility index (Phi) is 5.07. The lowest BCUT2D eigenvalue weighted by atomic mass is 9.92. The predicted molar refractivity (Wildman–Crippen MR) is 107 cm³/mol. The first kappa shape index (κ1) is 20.2. The fourth-order valence-corrected chi connectivity index (χ4v) is 6.79. The number of fused-ring (bicyclic) bond motifs is 1. The van der Waals surface area contributed by atoms with Crippen molar-refractivity contribution in [3.8, 4) is 0 Å². The topological polar surface area (TPSA) is 55.6 Å². The maximum Gasteiger partial charge on any atom is 0.129 e. The van der Waals surface area contributed by atoms with Gasteiger partial charge in [0.2, 0.25) is 0 Å². The van der Waals surface area contributed by atoms with Crippen molar-refractivity contribution in [1.29, 1.82) is 0 Å². The van der Waals surface area contributed by atoms with Crippen molar-refractivity contribution in [2.45, 2.75) is 37.1 Å². The van der Waals surface area contributed by atoms with E-state index < -0.39 is 33.5 Å². The number of hydrogen-bond donors (Lipinski definition) is 1. The lowest BCUT2D eigenvalue weighted by Gasteiger charge is -2.44. The molecule has 3 aliphatic heterocycles. The van der Waals surface area contributed by atoms with Crippen molar-refractivity contribution in [3.63, 3.8) is 0 Å². The minimum atomic E-state index is -2.21. The van der Waals surface area contributed by atoms with Crippen LogP contribution in [0.3, 0.4) is 0 Å². The van der Waals surface area contributed by atoms with Crippen LogP contribution in [0.25, 0.3) is 0 Å². The van der Waals surface area contributed by atoms with Crippen LogP contribution in [-0.4, -0.2) is 76.5 Å². The summed E-state index contributed by atoms with van der Waals surface area (Å²) in [7, 11) is -0.00263. The van der Waals surface area contributed by atoms with Gasteiger partial charge in [-0.3, -0.25) is 4.21 Å². The van der Waals surface area contributed by atoms with Crippen molar-refractivity contribution in [2.24, 2.45) is 11.7 Å². The van der Waals surface area contributed by atoms with E-state index in [4.69, 9.17) is 10.5 Å². The van der Waals surface area contributed by atoms with E-state index in [1.165, 1.54) is 6.07 Å². The van der Waals surface area contributed by atoms with Crippen LogP contribution in [0.1, 0.15) is 24.5 Å². The van der Waals surface area contributed by atoms with Crippen molar-refractivity contribution in [3.05, 3.63) is 35.4 Å². The van der Waals surface area contributed by atoms with Crippen LogP contribution >= 0.6 is 0 Å². The molecule has 4 rings (SSSR count). The first-order chi connectivity index (χ1) is 13.1. The van der Waals surface area contributed by atoms with Crippen molar-refractivity contribution in [2.75, 3.05) is 39.5 Å². The minimum Gasteiger partial charge on any atom is -0.366 e. The molecule has 1 aromatic rings. The van der Waals surface area contributed by atoms with Gasteiger partial charge in [0.1, 0.15) is 23.8 Å². The fourth-order valence-electron chi connectivity index (χ4n) is 5.49. The van der Waals surface area contributed by atoms with Crippen molar-refractivity contribution in [1.82, 2.24) is 4.31 Å². The summed E-state index contributed by atoms with van der Waals surface area (Å²) < 4.78 is 49.2. The normalized spacial score (nSPS) is 41.0. The molecule has 8 heteroatoms. The summed E-state index contributed by atoms with van der Waals surface area (Å²) in [6, 6.07) is 3.47. The highest BCUT2D eigenvalue weighted by Gasteiger charge is 2.54. The highest BCUT2D eigenvalue weighted by Crippen LogP contribution is 2.41. The molecular formula is C20H30F2N3O2S+. The molecule has 3 heterocycles. The second-order valence-electron chi connectivity index (χ2n) is 9.03. The molecule has 7 unspecified atom stereocenters. The third-order valence-electron chi connectivity index (χ3n) is 6.93. The Morgan fingerprint density at radius 3 is 2.79 bits per heavy atom. The van der Waals surface area contributed by atoms with Gasteiger partial charge in [-0.25, -0.2) is 13.1 Å². The van der Waals surface area contributed by atoms with Gasteiger partial charge < -0.3 is 15.0 Å². The monoisotopic (exact) mass is 414 g/mol. The Hall–Kier alpha value is -1.06. The van der Waals surface area contributed by atoms with Crippen LogP contribution in [0.2, 0.25) is 0 Å². The van der Waals surface area contributed by atoms with Gasteiger partial charge in [0, 0.05) is 46.5 Å². The number of hydrogen-bond acceptors (Lipinski definition) is 3. The number of benzene rings is 1.